The summed E-state index contributed by atoms with van der Waals surface area (Å²) in [6.45, 7) is 14.0. The van der Waals surface area contributed by atoms with Gasteiger partial charge in [-0.3, -0.25) is 0 Å². The number of aromatic hydroxyl groups is 1. The molecular weight excluding hydrogens is 272 g/mol. The van der Waals surface area contributed by atoms with Crippen molar-refractivity contribution in [1.82, 2.24) is 0 Å². The van der Waals surface area contributed by atoms with Crippen molar-refractivity contribution in [2.24, 2.45) is 0 Å². The maximum Gasteiger partial charge on any atom is 0.115 e. The summed E-state index contributed by atoms with van der Waals surface area (Å²) in [6.07, 6.45) is 0. The van der Waals surface area contributed by atoms with Gasteiger partial charge in [-0.15, -0.1) is 0 Å². The molecule has 0 unspecified atom stereocenters. The zero-order valence-corrected chi connectivity index (χ0v) is 15.1. The first-order valence-corrected chi connectivity index (χ1v) is 10.3. The fraction of sp³-hybridized carbons (Fsp3) is 0.474. The largest absolute Gasteiger partial charge is 0.508 e. The van der Waals surface area contributed by atoms with E-state index in [9.17, 15) is 5.11 Å². The Labute approximate surface area is 130 Å². The van der Waals surface area contributed by atoms with Gasteiger partial charge in [0.05, 0.1) is 8.07 Å². The van der Waals surface area contributed by atoms with Crippen LogP contribution < -0.4 is 5.19 Å². The average molecular weight is 301 g/mol. The second kappa shape index (κ2) is 5.84. The number of hydrogen-bond acceptors (Lipinski definition) is 1. The Morgan fingerprint density at radius 1 is 0.762 bits per heavy atom. The maximum atomic E-state index is 10.7. The second-order valence-corrected chi connectivity index (χ2v) is 12.9. The van der Waals surface area contributed by atoms with Gasteiger partial charge < -0.3 is 5.11 Å². The highest BCUT2D eigenvalue weighted by Gasteiger charge is 2.46. The van der Waals surface area contributed by atoms with Crippen LogP contribution in [0.5, 0.6) is 5.75 Å². The Kier molecular flexibility index (Phi) is 4.48. The van der Waals surface area contributed by atoms with Crippen LogP contribution in [0.25, 0.3) is 10.8 Å². The van der Waals surface area contributed by atoms with Crippen molar-refractivity contribution in [2.45, 2.75) is 58.2 Å². The summed E-state index contributed by atoms with van der Waals surface area (Å²) in [5.41, 5.74) is 1.78. The van der Waals surface area contributed by atoms with Crippen molar-refractivity contribution in [3.05, 3.63) is 36.4 Å². The number of rotatable bonds is 4. The van der Waals surface area contributed by atoms with Crippen molar-refractivity contribution < 1.29 is 5.11 Å². The van der Waals surface area contributed by atoms with E-state index >= 15 is 0 Å². The normalized spacial score (nSPS) is 12.8. The van der Waals surface area contributed by atoms with E-state index in [1.165, 1.54) is 16.0 Å². The highest BCUT2D eigenvalue weighted by atomic mass is 28.3. The van der Waals surface area contributed by atoms with E-state index in [0.29, 0.717) is 22.4 Å². The van der Waals surface area contributed by atoms with Crippen molar-refractivity contribution in [3.63, 3.8) is 0 Å². The average Bonchev–Trinajstić information content (AvgIpc) is 2.40. The van der Waals surface area contributed by atoms with Gasteiger partial charge >= 0.3 is 0 Å². The third-order valence-corrected chi connectivity index (χ3v) is 12.3. The van der Waals surface area contributed by atoms with Gasteiger partial charge in [0.1, 0.15) is 5.75 Å². The molecule has 1 nitrogen and oxygen atoms in total. The van der Waals surface area contributed by atoms with Gasteiger partial charge in [0.15, 0.2) is 0 Å². The van der Waals surface area contributed by atoms with Gasteiger partial charge in [0, 0.05) is 0 Å². The lowest BCUT2D eigenvalue weighted by Crippen LogP contribution is -2.55. The minimum Gasteiger partial charge on any atom is -0.508 e. The Morgan fingerprint density at radius 2 is 1.29 bits per heavy atom. The Morgan fingerprint density at radius 3 is 1.81 bits per heavy atom. The monoisotopic (exact) mass is 300 g/mol. The summed E-state index contributed by atoms with van der Waals surface area (Å²) in [6, 6.07) is 12.4. The highest BCUT2D eigenvalue weighted by Crippen LogP contribution is 2.43. The molecule has 2 rings (SSSR count). The molecule has 0 atom stereocenters. The summed E-state index contributed by atoms with van der Waals surface area (Å²) in [5, 5.41) is 14.5. The molecule has 0 aliphatic carbocycles. The first-order valence-electron chi connectivity index (χ1n) is 8.04. The van der Waals surface area contributed by atoms with E-state index < -0.39 is 8.07 Å². The number of phenolic OH excluding ortho intramolecular Hbond substituents is 1. The molecule has 2 aromatic rings. The fourth-order valence-corrected chi connectivity index (χ4v) is 11.5. The van der Waals surface area contributed by atoms with Crippen molar-refractivity contribution in [1.29, 1.82) is 0 Å². The molecule has 0 fully saturated rings. The first kappa shape index (κ1) is 16.1. The van der Waals surface area contributed by atoms with Crippen LogP contribution in [0.2, 0.25) is 16.6 Å². The first-order chi connectivity index (χ1) is 9.83. The van der Waals surface area contributed by atoms with Crippen LogP contribution in [-0.4, -0.2) is 13.2 Å². The molecule has 0 aromatic heterocycles. The lowest BCUT2D eigenvalue weighted by atomic mass is 10.1. The molecule has 0 radical (unpaired) electrons. The summed E-state index contributed by atoms with van der Waals surface area (Å²) < 4.78 is 0. The molecule has 21 heavy (non-hydrogen) atoms. The van der Waals surface area contributed by atoms with Gasteiger partial charge in [0.25, 0.3) is 0 Å². The van der Waals surface area contributed by atoms with Gasteiger partial charge in [0.2, 0.25) is 0 Å². The molecule has 0 saturated heterocycles. The molecule has 0 saturated carbocycles. The van der Waals surface area contributed by atoms with Gasteiger partial charge in [-0.25, -0.2) is 0 Å². The zero-order valence-electron chi connectivity index (χ0n) is 14.1. The Bertz CT molecular complexity index is 607. The van der Waals surface area contributed by atoms with Crippen molar-refractivity contribution >= 4 is 24.0 Å². The van der Waals surface area contributed by atoms with E-state index in [1.807, 2.05) is 12.1 Å². The molecule has 0 bridgehead atoms. The SMILES string of the molecule is CC(C)[Si](c1c(O)ccc2ccccc12)(C(C)C)C(C)C. The molecular formula is C19H28OSi. The van der Waals surface area contributed by atoms with Crippen LogP contribution in [0.15, 0.2) is 36.4 Å². The second-order valence-electron chi connectivity index (χ2n) is 7.08. The highest BCUT2D eigenvalue weighted by molar-refractivity contribution is 6.97. The van der Waals surface area contributed by atoms with E-state index in [2.05, 4.69) is 65.8 Å². The molecule has 0 aliphatic heterocycles. The lowest BCUT2D eigenvalue weighted by molar-refractivity contribution is 0.479. The van der Waals surface area contributed by atoms with Crippen LogP contribution in [0.3, 0.4) is 0 Å². The third-order valence-electron chi connectivity index (χ3n) is 5.21. The standard InChI is InChI=1S/C19H28OSi/c1-13(2)21(14(3)4,15(5)6)19-17-10-8-7-9-16(17)11-12-18(19)20/h7-15,20H,1-6H3. The van der Waals surface area contributed by atoms with Crippen LogP contribution in [0, 0.1) is 0 Å². The summed E-state index contributed by atoms with van der Waals surface area (Å²) in [4.78, 5) is 0. The molecule has 0 heterocycles. The van der Waals surface area contributed by atoms with Gasteiger partial charge in [-0.05, 0) is 38.6 Å². The van der Waals surface area contributed by atoms with Crippen LogP contribution in [0.1, 0.15) is 41.5 Å². The maximum absolute atomic E-state index is 10.7. The van der Waals surface area contributed by atoms with Crippen LogP contribution in [-0.2, 0) is 0 Å². The topological polar surface area (TPSA) is 20.2 Å². The quantitative estimate of drug-likeness (QED) is 0.746. The minimum atomic E-state index is -1.86. The molecule has 1 N–H and O–H groups in total. The van der Waals surface area contributed by atoms with Crippen molar-refractivity contribution in [3.8, 4) is 5.75 Å². The minimum absolute atomic E-state index is 0.497. The smallest absolute Gasteiger partial charge is 0.115 e. The summed E-state index contributed by atoms with van der Waals surface area (Å²) >= 11 is 0. The molecule has 2 heteroatoms. The van der Waals surface area contributed by atoms with Gasteiger partial charge in [-0.2, -0.15) is 0 Å². The van der Waals surface area contributed by atoms with Gasteiger partial charge in [-0.1, -0.05) is 71.9 Å². The Hall–Kier alpha value is -1.28. The summed E-state index contributed by atoms with van der Waals surface area (Å²) in [5.74, 6) is 0.497. The molecule has 0 aliphatic rings. The number of benzene rings is 2. The predicted octanol–water partition coefficient (Wildman–Crippen LogP) is 5.43. The molecule has 0 amide bonds. The number of hydrogen-bond donors (Lipinski definition) is 1. The summed E-state index contributed by atoms with van der Waals surface area (Å²) in [7, 11) is -1.86. The van der Waals surface area contributed by atoms with E-state index in [1.54, 1.807) is 0 Å². The van der Waals surface area contributed by atoms with Crippen LogP contribution in [0.4, 0.5) is 0 Å². The van der Waals surface area contributed by atoms with E-state index in [0.717, 1.165) is 0 Å². The lowest BCUT2D eigenvalue weighted by Gasteiger charge is -2.44. The van der Waals surface area contributed by atoms with E-state index in [4.69, 9.17) is 0 Å². The molecule has 2 aromatic carbocycles. The predicted molar refractivity (Wildman–Crippen MR) is 96.3 cm³/mol. The fourth-order valence-electron chi connectivity index (χ4n) is 4.58. The molecule has 114 valence electrons. The van der Waals surface area contributed by atoms with Crippen LogP contribution >= 0.6 is 0 Å². The number of phenols is 1. The zero-order chi connectivity index (χ0) is 15.8. The van der Waals surface area contributed by atoms with E-state index in [-0.39, 0.29) is 0 Å². The number of fused-ring (bicyclic) bond motifs is 1. The third kappa shape index (κ3) is 2.40. The Balaban J connectivity index is 2.92. The molecule has 0 spiro atoms. The van der Waals surface area contributed by atoms with Crippen molar-refractivity contribution in [2.75, 3.05) is 0 Å².